The number of ether oxygens (including phenoxy) is 1. The number of benzene rings is 1. The number of rotatable bonds is 4. The molecule has 0 heterocycles. The molecule has 0 atom stereocenters. The summed E-state index contributed by atoms with van der Waals surface area (Å²) in [5.74, 6) is 0.445. The van der Waals surface area contributed by atoms with Crippen molar-refractivity contribution in [2.75, 3.05) is 6.61 Å². The number of nitrogens with zero attached hydrogens (tertiary/aromatic N) is 1. The number of hydrogen-bond donors (Lipinski definition) is 1. The molecule has 0 aromatic heterocycles. The van der Waals surface area contributed by atoms with Gasteiger partial charge in [-0.1, -0.05) is 0 Å². The Morgan fingerprint density at radius 1 is 1.35 bits per heavy atom. The first kappa shape index (κ1) is 13.2. The van der Waals surface area contributed by atoms with Crippen LogP contribution in [0.1, 0.15) is 23.6 Å². The van der Waals surface area contributed by atoms with Gasteiger partial charge in [0.25, 0.3) is 5.91 Å². The second-order valence-electron chi connectivity index (χ2n) is 3.89. The van der Waals surface area contributed by atoms with Gasteiger partial charge in [-0.2, -0.15) is 5.10 Å². The lowest BCUT2D eigenvalue weighted by Gasteiger charge is -2.10. The maximum atomic E-state index is 11.3. The van der Waals surface area contributed by atoms with E-state index in [1.54, 1.807) is 6.92 Å². The fraction of sp³-hybridized carbons (Fsp3) is 0.385. The first-order valence-corrected chi connectivity index (χ1v) is 5.51. The molecule has 1 rings (SSSR count). The molecule has 4 nitrogen and oxygen atoms in total. The predicted octanol–water partition coefficient (Wildman–Crippen LogP) is 2.11. The van der Waals surface area contributed by atoms with Gasteiger partial charge in [-0.15, -0.1) is 0 Å². The number of aryl methyl sites for hydroxylation is 2. The molecule has 1 N–H and O–H groups in total. The van der Waals surface area contributed by atoms with E-state index in [1.165, 1.54) is 11.8 Å². The van der Waals surface area contributed by atoms with Crippen LogP contribution in [0.3, 0.4) is 0 Å². The lowest BCUT2D eigenvalue weighted by molar-refractivity contribution is -0.123. The van der Waals surface area contributed by atoms with E-state index in [1.807, 2.05) is 26.0 Å². The molecule has 0 bridgehead atoms. The van der Waals surface area contributed by atoms with Gasteiger partial charge in [0, 0.05) is 6.21 Å². The lowest BCUT2D eigenvalue weighted by atomic mass is 10.0. The van der Waals surface area contributed by atoms with Crippen LogP contribution in [0, 0.1) is 20.8 Å². The third-order valence-corrected chi connectivity index (χ3v) is 2.59. The predicted molar refractivity (Wildman–Crippen MR) is 68.5 cm³/mol. The van der Waals surface area contributed by atoms with E-state index in [0.717, 1.165) is 11.1 Å². The van der Waals surface area contributed by atoms with Gasteiger partial charge >= 0.3 is 0 Å². The number of hydrazone groups is 1. The first-order chi connectivity index (χ1) is 8.04. The minimum atomic E-state index is -0.265. The molecule has 0 aliphatic rings. The van der Waals surface area contributed by atoms with Crippen LogP contribution >= 0.6 is 0 Å². The fourth-order valence-electron chi connectivity index (χ4n) is 1.40. The molecule has 1 aromatic rings. The smallest absolute Gasteiger partial charge is 0.277 e. The van der Waals surface area contributed by atoms with Crippen molar-refractivity contribution in [3.8, 4) is 5.75 Å². The summed E-state index contributed by atoms with van der Waals surface area (Å²) < 4.78 is 5.40. The lowest BCUT2D eigenvalue weighted by Crippen LogP contribution is -2.24. The van der Waals surface area contributed by atoms with E-state index in [4.69, 9.17) is 4.74 Å². The fourth-order valence-corrected chi connectivity index (χ4v) is 1.40. The van der Waals surface area contributed by atoms with Crippen LogP contribution in [0.5, 0.6) is 5.75 Å². The van der Waals surface area contributed by atoms with Crippen molar-refractivity contribution in [3.05, 3.63) is 28.8 Å². The summed E-state index contributed by atoms with van der Waals surface area (Å²) in [6, 6.07) is 3.86. The molecular formula is C13H18N2O2. The van der Waals surface area contributed by atoms with E-state index in [9.17, 15) is 4.79 Å². The maximum Gasteiger partial charge on any atom is 0.277 e. The summed E-state index contributed by atoms with van der Waals surface area (Å²) in [4.78, 5) is 11.3. The van der Waals surface area contributed by atoms with Gasteiger partial charge in [-0.3, -0.25) is 4.79 Å². The van der Waals surface area contributed by atoms with Crippen molar-refractivity contribution in [2.24, 2.45) is 5.10 Å². The van der Waals surface area contributed by atoms with Gasteiger partial charge in [0.15, 0.2) is 6.61 Å². The van der Waals surface area contributed by atoms with Crippen molar-refractivity contribution in [3.63, 3.8) is 0 Å². The standard InChI is InChI=1S/C13H18N2O2/c1-5-14-15-13(16)8-17-12-6-9(2)11(4)10(3)7-12/h5-7H,8H2,1-4H3,(H,15,16). The second-order valence-corrected chi connectivity index (χ2v) is 3.89. The Balaban J connectivity index is 2.61. The van der Waals surface area contributed by atoms with E-state index >= 15 is 0 Å². The second kappa shape index (κ2) is 6.03. The third-order valence-electron chi connectivity index (χ3n) is 2.59. The van der Waals surface area contributed by atoms with Crippen LogP contribution in [0.4, 0.5) is 0 Å². The molecule has 0 unspecified atom stereocenters. The van der Waals surface area contributed by atoms with Gasteiger partial charge in [-0.25, -0.2) is 5.43 Å². The SMILES string of the molecule is CC=NNC(=O)COc1cc(C)c(C)c(C)c1. The van der Waals surface area contributed by atoms with Crippen molar-refractivity contribution in [1.82, 2.24) is 5.43 Å². The van der Waals surface area contributed by atoms with Crippen LogP contribution in [0.15, 0.2) is 17.2 Å². The molecule has 0 fully saturated rings. The molecule has 0 spiro atoms. The highest BCUT2D eigenvalue weighted by atomic mass is 16.5. The van der Waals surface area contributed by atoms with Crippen LogP contribution < -0.4 is 10.2 Å². The average Bonchev–Trinajstić information content (AvgIpc) is 2.30. The van der Waals surface area contributed by atoms with Crippen LogP contribution in [0.25, 0.3) is 0 Å². The minimum Gasteiger partial charge on any atom is -0.484 e. The van der Waals surface area contributed by atoms with Crippen LogP contribution in [-0.4, -0.2) is 18.7 Å². The Morgan fingerprint density at radius 2 is 1.94 bits per heavy atom. The van der Waals surface area contributed by atoms with E-state index < -0.39 is 0 Å². The third kappa shape index (κ3) is 3.90. The van der Waals surface area contributed by atoms with Gasteiger partial charge in [0.1, 0.15) is 5.75 Å². The zero-order valence-corrected chi connectivity index (χ0v) is 10.7. The van der Waals surface area contributed by atoms with Crippen LogP contribution in [0.2, 0.25) is 0 Å². The molecule has 0 saturated heterocycles. The highest BCUT2D eigenvalue weighted by Crippen LogP contribution is 2.20. The van der Waals surface area contributed by atoms with E-state index in [-0.39, 0.29) is 12.5 Å². The molecule has 92 valence electrons. The Bertz CT molecular complexity index is 416. The van der Waals surface area contributed by atoms with Crippen molar-refractivity contribution < 1.29 is 9.53 Å². The summed E-state index contributed by atoms with van der Waals surface area (Å²) in [5, 5.41) is 3.63. The average molecular weight is 234 g/mol. The monoisotopic (exact) mass is 234 g/mol. The highest BCUT2D eigenvalue weighted by Gasteiger charge is 2.04. The van der Waals surface area contributed by atoms with Gasteiger partial charge in [0.05, 0.1) is 0 Å². The zero-order chi connectivity index (χ0) is 12.8. The Morgan fingerprint density at radius 3 is 2.47 bits per heavy atom. The summed E-state index contributed by atoms with van der Waals surface area (Å²) >= 11 is 0. The molecule has 0 aliphatic heterocycles. The minimum absolute atomic E-state index is 0.0285. The highest BCUT2D eigenvalue weighted by molar-refractivity contribution is 5.78. The molecule has 0 aliphatic carbocycles. The van der Waals surface area contributed by atoms with Crippen LogP contribution in [-0.2, 0) is 4.79 Å². The van der Waals surface area contributed by atoms with Gasteiger partial charge in [-0.05, 0) is 56.5 Å². The van der Waals surface area contributed by atoms with Gasteiger partial charge < -0.3 is 4.74 Å². The largest absolute Gasteiger partial charge is 0.484 e. The molecule has 0 saturated carbocycles. The summed E-state index contributed by atoms with van der Waals surface area (Å²) in [5.41, 5.74) is 5.91. The van der Waals surface area contributed by atoms with Crippen molar-refractivity contribution >= 4 is 12.1 Å². The van der Waals surface area contributed by atoms with E-state index in [2.05, 4.69) is 17.5 Å². The summed E-state index contributed by atoms with van der Waals surface area (Å²) in [7, 11) is 0. The molecule has 1 amide bonds. The molecule has 1 aromatic carbocycles. The molecule has 4 heteroatoms. The maximum absolute atomic E-state index is 11.3. The normalized spacial score (nSPS) is 10.6. The molecular weight excluding hydrogens is 216 g/mol. The van der Waals surface area contributed by atoms with Gasteiger partial charge in [0.2, 0.25) is 0 Å². The van der Waals surface area contributed by atoms with E-state index in [0.29, 0.717) is 5.75 Å². The zero-order valence-electron chi connectivity index (χ0n) is 10.7. The topological polar surface area (TPSA) is 50.7 Å². The molecule has 0 radical (unpaired) electrons. The van der Waals surface area contributed by atoms with Crippen molar-refractivity contribution in [1.29, 1.82) is 0 Å². The Kier molecular flexibility index (Phi) is 4.69. The van der Waals surface area contributed by atoms with Crippen molar-refractivity contribution in [2.45, 2.75) is 27.7 Å². The number of carbonyl (C=O) groups is 1. The quantitative estimate of drug-likeness (QED) is 0.640. The summed E-state index contributed by atoms with van der Waals surface area (Å²) in [6.07, 6.45) is 1.51. The number of nitrogens with one attached hydrogen (secondary N) is 1. The number of amides is 1. The Hall–Kier alpha value is -1.84. The first-order valence-electron chi connectivity index (χ1n) is 5.51. The Labute approximate surface area is 102 Å². The molecule has 17 heavy (non-hydrogen) atoms. The summed E-state index contributed by atoms with van der Waals surface area (Å²) in [6.45, 7) is 7.82. The number of carbonyl (C=O) groups excluding carboxylic acids is 1. The number of hydrogen-bond acceptors (Lipinski definition) is 3.